The van der Waals surface area contributed by atoms with Crippen LogP contribution in [0.1, 0.15) is 22.8 Å². The fourth-order valence-corrected chi connectivity index (χ4v) is 8.88. The Morgan fingerprint density at radius 1 is 0.439 bits per heavy atom. The molecular weight excluding hydrogens is 701 g/mol. The quantitative estimate of drug-likeness (QED) is 0.175. The number of hydrogen-bond acceptors (Lipinski definition) is 6. The van der Waals surface area contributed by atoms with Crippen LogP contribution in [0.5, 0.6) is 0 Å². The minimum Gasteiger partial charge on any atom is -0.456 e. The van der Waals surface area contributed by atoms with E-state index >= 15 is 0 Å². The van der Waals surface area contributed by atoms with E-state index in [1.807, 2.05) is 54.6 Å². The van der Waals surface area contributed by atoms with Crippen molar-refractivity contribution in [2.24, 2.45) is 0 Å². The molecule has 0 saturated carbocycles. The minimum absolute atomic E-state index is 0.0578. The number of aromatic nitrogens is 3. The Kier molecular flexibility index (Phi) is 6.95. The lowest BCUT2D eigenvalue weighted by molar-refractivity contribution is 0.584. The number of furan rings is 2. The molecule has 12 rings (SSSR count). The molecule has 0 spiro atoms. The van der Waals surface area contributed by atoms with Crippen molar-refractivity contribution in [1.82, 2.24) is 15.0 Å². The van der Waals surface area contributed by atoms with Gasteiger partial charge < -0.3 is 13.7 Å². The lowest BCUT2D eigenvalue weighted by atomic mass is 9.82. The van der Waals surface area contributed by atoms with Gasteiger partial charge in [0.2, 0.25) is 0 Å². The van der Waals surface area contributed by atoms with Crippen LogP contribution in [0.2, 0.25) is 0 Å². The first-order valence-electron chi connectivity index (χ1n) is 19.3. The molecule has 57 heavy (non-hydrogen) atoms. The first-order chi connectivity index (χ1) is 28.2. The summed E-state index contributed by atoms with van der Waals surface area (Å²) >= 11 is 0. The molecule has 2 atom stereocenters. The van der Waals surface area contributed by atoms with Gasteiger partial charge in [0.05, 0.1) is 6.04 Å². The fraction of sp³-hybridized carbons (Fsp3) is 0.0392. The molecule has 0 bridgehead atoms. The van der Waals surface area contributed by atoms with Gasteiger partial charge in [-0.15, -0.1) is 0 Å². The van der Waals surface area contributed by atoms with Crippen molar-refractivity contribution < 1.29 is 8.83 Å². The Morgan fingerprint density at radius 2 is 1.09 bits per heavy atom. The number of rotatable bonds is 5. The van der Waals surface area contributed by atoms with Crippen LogP contribution in [0.4, 0.5) is 11.4 Å². The molecule has 1 aliphatic heterocycles. The van der Waals surface area contributed by atoms with Gasteiger partial charge in [-0.2, -0.15) is 0 Å². The van der Waals surface area contributed by atoms with Crippen LogP contribution >= 0.6 is 0 Å². The molecule has 3 aromatic heterocycles. The van der Waals surface area contributed by atoms with Gasteiger partial charge >= 0.3 is 0 Å². The summed E-state index contributed by atoms with van der Waals surface area (Å²) in [5, 5.41) is 3.21. The first-order valence-corrected chi connectivity index (χ1v) is 19.3. The summed E-state index contributed by atoms with van der Waals surface area (Å²) in [6.07, 6.45) is 4.45. The molecule has 0 amide bonds. The molecular formula is C51H32N4O2. The molecule has 2 unspecified atom stereocenters. The highest BCUT2D eigenvalue weighted by Gasteiger charge is 2.43. The Balaban J connectivity index is 0.992. The van der Waals surface area contributed by atoms with Crippen LogP contribution in [0.15, 0.2) is 185 Å². The molecule has 1 aliphatic carbocycles. The fourth-order valence-electron chi connectivity index (χ4n) is 8.88. The van der Waals surface area contributed by atoms with Crippen molar-refractivity contribution in [2.75, 3.05) is 4.90 Å². The summed E-state index contributed by atoms with van der Waals surface area (Å²) in [4.78, 5) is 17.7. The molecule has 0 radical (unpaired) electrons. The Hall–Kier alpha value is -7.57. The average molecular weight is 733 g/mol. The van der Waals surface area contributed by atoms with Gasteiger partial charge in [-0.05, 0) is 77.4 Å². The van der Waals surface area contributed by atoms with E-state index in [2.05, 4.69) is 132 Å². The van der Waals surface area contributed by atoms with Crippen molar-refractivity contribution in [3.8, 4) is 45.3 Å². The average Bonchev–Trinajstić information content (AvgIpc) is 3.95. The summed E-state index contributed by atoms with van der Waals surface area (Å²) in [5.41, 5.74) is 12.4. The van der Waals surface area contributed by atoms with Gasteiger partial charge in [0.15, 0.2) is 17.5 Å². The molecule has 0 fully saturated rings. The van der Waals surface area contributed by atoms with Crippen molar-refractivity contribution in [3.05, 3.63) is 193 Å². The maximum absolute atomic E-state index is 6.61. The molecule has 2 aliphatic rings. The first kappa shape index (κ1) is 31.7. The zero-order valence-corrected chi connectivity index (χ0v) is 30.6. The number of hydrogen-bond donors (Lipinski definition) is 0. The third-order valence-electron chi connectivity index (χ3n) is 11.5. The molecule has 7 aromatic carbocycles. The van der Waals surface area contributed by atoms with Crippen LogP contribution in [0.3, 0.4) is 0 Å². The molecule has 6 nitrogen and oxygen atoms in total. The third-order valence-corrected chi connectivity index (χ3v) is 11.5. The van der Waals surface area contributed by atoms with Crippen molar-refractivity contribution in [1.29, 1.82) is 0 Å². The van der Waals surface area contributed by atoms with E-state index in [9.17, 15) is 0 Å². The summed E-state index contributed by atoms with van der Waals surface area (Å²) in [6.45, 7) is 0. The predicted molar refractivity (Wildman–Crippen MR) is 228 cm³/mol. The van der Waals surface area contributed by atoms with E-state index in [1.165, 1.54) is 27.9 Å². The van der Waals surface area contributed by atoms with E-state index < -0.39 is 0 Å². The number of anilines is 2. The van der Waals surface area contributed by atoms with Crippen molar-refractivity contribution >= 4 is 50.4 Å². The summed E-state index contributed by atoms with van der Waals surface area (Å²) in [5.74, 6) is 2.72. The van der Waals surface area contributed by atoms with Crippen LogP contribution in [0.25, 0.3) is 84.3 Å². The van der Waals surface area contributed by atoms with Crippen LogP contribution < -0.4 is 4.90 Å². The largest absolute Gasteiger partial charge is 0.456 e. The van der Waals surface area contributed by atoms with E-state index in [1.54, 1.807) is 0 Å². The topological polar surface area (TPSA) is 68.2 Å². The monoisotopic (exact) mass is 732 g/mol. The number of fused-ring (bicyclic) bond motifs is 10. The second kappa shape index (κ2) is 12.5. The van der Waals surface area contributed by atoms with E-state index in [-0.39, 0.29) is 12.0 Å². The van der Waals surface area contributed by atoms with Crippen molar-refractivity contribution in [3.63, 3.8) is 0 Å². The van der Waals surface area contributed by atoms with Crippen LogP contribution in [-0.4, -0.2) is 21.0 Å². The Labute approximate surface area is 328 Å². The van der Waals surface area contributed by atoms with Crippen LogP contribution in [-0.2, 0) is 0 Å². The maximum atomic E-state index is 6.61. The predicted octanol–water partition coefficient (Wildman–Crippen LogP) is 12.9. The van der Waals surface area contributed by atoms with Crippen LogP contribution in [0, 0.1) is 0 Å². The maximum Gasteiger partial charge on any atom is 0.164 e. The molecule has 6 heteroatoms. The molecule has 10 aromatic rings. The lowest BCUT2D eigenvalue weighted by Crippen LogP contribution is -2.30. The Bertz CT molecular complexity index is 3220. The van der Waals surface area contributed by atoms with Gasteiger partial charge in [-0.25, -0.2) is 15.0 Å². The Morgan fingerprint density at radius 3 is 1.93 bits per heavy atom. The third kappa shape index (κ3) is 5.07. The lowest BCUT2D eigenvalue weighted by Gasteiger charge is -2.30. The van der Waals surface area contributed by atoms with Gasteiger partial charge in [0.1, 0.15) is 22.5 Å². The normalized spacial score (nSPS) is 15.6. The second-order valence-electron chi connectivity index (χ2n) is 14.7. The SMILES string of the molecule is C1=CC2C(c3ccccc3N2c2cccc(-c3ccccc3)c2)c2c1oc1ccc(-c3nc(-c4ccccc4)nc(-c4ccc5c(c4)oc4ccccc45)n3)cc21. The second-order valence-corrected chi connectivity index (χ2v) is 14.7. The van der Waals surface area contributed by atoms with E-state index in [0.29, 0.717) is 17.5 Å². The van der Waals surface area contributed by atoms with E-state index in [4.69, 9.17) is 23.8 Å². The highest BCUT2D eigenvalue weighted by Crippen LogP contribution is 2.54. The summed E-state index contributed by atoms with van der Waals surface area (Å²) < 4.78 is 12.9. The molecule has 0 N–H and O–H groups in total. The molecule has 268 valence electrons. The smallest absolute Gasteiger partial charge is 0.164 e. The summed E-state index contributed by atoms with van der Waals surface area (Å²) in [7, 11) is 0. The van der Waals surface area contributed by atoms with Gasteiger partial charge in [0.25, 0.3) is 0 Å². The minimum atomic E-state index is 0.0578. The van der Waals surface area contributed by atoms with Gasteiger partial charge in [-0.1, -0.05) is 121 Å². The number of para-hydroxylation sites is 2. The van der Waals surface area contributed by atoms with Crippen molar-refractivity contribution in [2.45, 2.75) is 12.0 Å². The standard InChI is InChI=1S/C51H32N4O2/c1-3-12-31(13-4-1)33-16-11-17-36(28-33)55-41-20-9-7-19-39(41)47-42(55)25-27-45-48(47)40-29-34(23-26-44(40)56-45)50-52-49(32-14-5-2-6-15-32)53-51(54-50)35-22-24-38-37-18-8-10-21-43(37)57-46(38)30-35/h1-30,42,47H. The van der Waals surface area contributed by atoms with E-state index in [0.717, 1.165) is 61.0 Å². The number of nitrogens with zero attached hydrogens (tertiary/aromatic N) is 4. The zero-order chi connectivity index (χ0) is 37.5. The van der Waals surface area contributed by atoms with Gasteiger partial charge in [-0.3, -0.25) is 0 Å². The highest BCUT2D eigenvalue weighted by molar-refractivity contribution is 6.05. The molecule has 0 saturated heterocycles. The number of benzene rings is 7. The molecule has 4 heterocycles. The summed E-state index contributed by atoms with van der Waals surface area (Å²) in [6, 6.07) is 59.0. The zero-order valence-electron chi connectivity index (χ0n) is 30.6. The van der Waals surface area contributed by atoms with Gasteiger partial charge in [0, 0.05) is 55.7 Å². The highest BCUT2D eigenvalue weighted by atomic mass is 16.3.